The number of aryl methyl sites for hydroxylation is 2. The summed E-state index contributed by atoms with van der Waals surface area (Å²) in [6, 6.07) is 11.7. The molecule has 0 aliphatic heterocycles. The normalized spacial score (nSPS) is 12.2. The molecule has 3 rings (SSSR count). The molecule has 4 N–H and O–H groups in total. The molecule has 3 aromatic rings. The number of aromatic nitrogens is 2. The van der Waals surface area contributed by atoms with E-state index in [2.05, 4.69) is 15.0 Å². The van der Waals surface area contributed by atoms with Gasteiger partial charge in [0.1, 0.15) is 5.82 Å². The van der Waals surface area contributed by atoms with Gasteiger partial charge in [0.2, 0.25) is 0 Å². The molecule has 0 bridgehead atoms. The van der Waals surface area contributed by atoms with Gasteiger partial charge >= 0.3 is 5.97 Å². The fraction of sp³-hybridized carbons (Fsp3) is 0.190. The van der Waals surface area contributed by atoms with Crippen molar-refractivity contribution >= 4 is 27.6 Å². The molecule has 0 saturated carbocycles. The van der Waals surface area contributed by atoms with Crippen LogP contribution >= 0.6 is 0 Å². The van der Waals surface area contributed by atoms with Crippen LogP contribution in [-0.2, 0) is 21.9 Å². The molecule has 168 valence electrons. The molecule has 1 amide bonds. The van der Waals surface area contributed by atoms with Gasteiger partial charge in [-0.15, -0.1) is 0 Å². The zero-order valence-electron chi connectivity index (χ0n) is 17.3. The number of hydrogen-bond donors (Lipinski definition) is 4. The summed E-state index contributed by atoms with van der Waals surface area (Å²) in [4.78, 5) is 27.2. The minimum Gasteiger partial charge on any atom is -0.480 e. The first kappa shape index (κ1) is 23.0. The van der Waals surface area contributed by atoms with E-state index in [-0.39, 0.29) is 10.6 Å². The summed E-state index contributed by atoms with van der Waals surface area (Å²) in [6.07, 6.45) is 1.43. The predicted molar refractivity (Wildman–Crippen MR) is 117 cm³/mol. The summed E-state index contributed by atoms with van der Waals surface area (Å²) < 4.78 is 29.3. The number of imidazole rings is 1. The third-order valence-corrected chi connectivity index (χ3v) is 5.99. The third-order valence-electron chi connectivity index (χ3n) is 4.74. The quantitative estimate of drug-likeness (QED) is 0.398. The van der Waals surface area contributed by atoms with Crippen LogP contribution in [0.3, 0.4) is 0 Å². The number of carbonyl (C=O) groups is 2. The van der Waals surface area contributed by atoms with E-state index >= 15 is 0 Å². The summed E-state index contributed by atoms with van der Waals surface area (Å²) in [6.45, 7) is 0.981. The van der Waals surface area contributed by atoms with Crippen molar-refractivity contribution in [3.63, 3.8) is 0 Å². The Hall–Kier alpha value is -3.70. The highest BCUT2D eigenvalue weighted by Crippen LogP contribution is 2.24. The largest absolute Gasteiger partial charge is 0.480 e. The van der Waals surface area contributed by atoms with Crippen LogP contribution in [0.5, 0.6) is 0 Å². The highest BCUT2D eigenvalue weighted by Gasteiger charge is 2.20. The second-order valence-corrected chi connectivity index (χ2v) is 8.68. The molecule has 0 unspecified atom stereocenters. The van der Waals surface area contributed by atoms with Gasteiger partial charge < -0.3 is 20.1 Å². The number of aliphatic carboxylic acids is 1. The minimum absolute atomic E-state index is 0.0826. The van der Waals surface area contributed by atoms with E-state index in [4.69, 9.17) is 10.2 Å². The average molecular weight is 458 g/mol. The smallest absolute Gasteiger partial charge is 0.328 e. The maximum Gasteiger partial charge on any atom is 0.328 e. The van der Waals surface area contributed by atoms with Gasteiger partial charge in [0.05, 0.1) is 6.61 Å². The third kappa shape index (κ3) is 5.13. The molecule has 2 aromatic carbocycles. The fourth-order valence-electron chi connectivity index (χ4n) is 2.87. The summed E-state index contributed by atoms with van der Waals surface area (Å²) in [7, 11) is -2.15. The minimum atomic E-state index is -3.86. The molecular formula is C21H22N4O6S. The Labute approximate surface area is 184 Å². The van der Waals surface area contributed by atoms with Crippen molar-refractivity contribution in [2.45, 2.75) is 18.0 Å². The molecule has 0 spiro atoms. The average Bonchev–Trinajstić information content (AvgIpc) is 3.11. The molecule has 1 atom stereocenters. The van der Waals surface area contributed by atoms with Crippen molar-refractivity contribution in [1.82, 2.24) is 14.9 Å². The lowest BCUT2D eigenvalue weighted by Gasteiger charge is -2.12. The molecule has 1 heterocycles. The molecule has 0 saturated heterocycles. The lowest BCUT2D eigenvalue weighted by atomic mass is 10.0. The Morgan fingerprint density at radius 1 is 1.12 bits per heavy atom. The van der Waals surface area contributed by atoms with E-state index in [1.807, 2.05) is 0 Å². The topological polar surface area (TPSA) is 151 Å². The van der Waals surface area contributed by atoms with E-state index in [1.165, 1.54) is 18.3 Å². The lowest BCUT2D eigenvalue weighted by Crippen LogP contribution is -2.43. The number of nitrogens with one attached hydrogen (secondary N) is 2. The van der Waals surface area contributed by atoms with Crippen molar-refractivity contribution in [2.75, 3.05) is 11.3 Å². The number of aliphatic hydroxyl groups is 1. The van der Waals surface area contributed by atoms with Crippen molar-refractivity contribution in [1.29, 1.82) is 0 Å². The Balaban J connectivity index is 1.78. The van der Waals surface area contributed by atoms with Crippen LogP contribution in [0.25, 0.3) is 11.1 Å². The van der Waals surface area contributed by atoms with Gasteiger partial charge in [-0.2, -0.15) is 8.42 Å². The first-order valence-electron chi connectivity index (χ1n) is 9.48. The van der Waals surface area contributed by atoms with Crippen molar-refractivity contribution in [3.8, 4) is 11.1 Å². The van der Waals surface area contributed by atoms with E-state index in [0.29, 0.717) is 22.6 Å². The molecule has 1 aromatic heterocycles. The first-order chi connectivity index (χ1) is 15.1. The van der Waals surface area contributed by atoms with Gasteiger partial charge in [0.15, 0.2) is 11.1 Å². The Kier molecular flexibility index (Phi) is 6.61. The van der Waals surface area contributed by atoms with E-state index in [9.17, 15) is 18.0 Å². The highest BCUT2D eigenvalue weighted by atomic mass is 32.2. The van der Waals surface area contributed by atoms with Gasteiger partial charge in [-0.05, 0) is 42.3 Å². The first-order valence-corrected chi connectivity index (χ1v) is 11.0. The summed E-state index contributed by atoms with van der Waals surface area (Å²) in [5.74, 6) is -1.40. The summed E-state index contributed by atoms with van der Waals surface area (Å²) >= 11 is 0. The fourth-order valence-corrected chi connectivity index (χ4v) is 3.96. The zero-order valence-corrected chi connectivity index (χ0v) is 18.1. The SMILES string of the molecule is Cc1nc(S(=O)(=O)Nc2cccc(-c3ccc(C(=O)N[C@@H](CO)C(=O)O)cc3)c2)cn1C. The number of aliphatic hydroxyl groups excluding tert-OH is 1. The van der Waals surface area contributed by atoms with Gasteiger partial charge in [-0.3, -0.25) is 9.52 Å². The van der Waals surface area contributed by atoms with E-state index in [0.717, 1.165) is 0 Å². The molecule has 0 aliphatic carbocycles. The lowest BCUT2D eigenvalue weighted by molar-refractivity contribution is -0.140. The Morgan fingerprint density at radius 2 is 1.81 bits per heavy atom. The van der Waals surface area contributed by atoms with Gasteiger partial charge in [-0.1, -0.05) is 24.3 Å². The van der Waals surface area contributed by atoms with Crippen molar-refractivity contribution < 1.29 is 28.2 Å². The molecule has 32 heavy (non-hydrogen) atoms. The predicted octanol–water partition coefficient (Wildman–Crippen LogP) is 1.37. The summed E-state index contributed by atoms with van der Waals surface area (Å²) in [5.41, 5.74) is 1.98. The number of carboxylic acid groups (broad SMARTS) is 1. The maximum atomic E-state index is 12.6. The number of nitrogens with zero attached hydrogens (tertiary/aromatic N) is 2. The Bertz CT molecular complexity index is 1230. The van der Waals surface area contributed by atoms with Crippen LogP contribution in [0.4, 0.5) is 5.69 Å². The van der Waals surface area contributed by atoms with Crippen LogP contribution in [0.2, 0.25) is 0 Å². The zero-order chi connectivity index (χ0) is 23.5. The number of rotatable bonds is 8. The number of anilines is 1. The number of benzene rings is 2. The van der Waals surface area contributed by atoms with Gasteiger partial charge in [0, 0.05) is 24.5 Å². The number of carboxylic acids is 1. The maximum absolute atomic E-state index is 12.6. The molecule has 10 nitrogen and oxygen atoms in total. The van der Waals surface area contributed by atoms with Gasteiger partial charge in [-0.25, -0.2) is 9.78 Å². The van der Waals surface area contributed by atoms with Crippen LogP contribution in [0.15, 0.2) is 59.8 Å². The van der Waals surface area contributed by atoms with Crippen molar-refractivity contribution in [3.05, 3.63) is 66.1 Å². The second-order valence-electron chi connectivity index (χ2n) is 7.05. The number of sulfonamides is 1. The standard InChI is InChI=1S/C21H22N4O6S/c1-13-22-19(11-25(13)2)32(30,31)24-17-5-3-4-16(10-17)14-6-8-15(9-7-14)20(27)23-18(12-26)21(28)29/h3-11,18,24,26H,12H2,1-2H3,(H,23,27)(H,28,29)/t18-/m0/s1. The van der Waals surface area contributed by atoms with Crippen LogP contribution in [-0.4, -0.2) is 52.7 Å². The Morgan fingerprint density at radius 3 is 2.38 bits per heavy atom. The molecular weight excluding hydrogens is 436 g/mol. The highest BCUT2D eigenvalue weighted by molar-refractivity contribution is 7.92. The number of amides is 1. The van der Waals surface area contributed by atoms with Crippen molar-refractivity contribution in [2.24, 2.45) is 7.05 Å². The van der Waals surface area contributed by atoms with Crippen LogP contribution in [0, 0.1) is 6.92 Å². The van der Waals surface area contributed by atoms with E-state index in [1.54, 1.807) is 54.9 Å². The second kappa shape index (κ2) is 9.20. The molecule has 0 fully saturated rings. The van der Waals surface area contributed by atoms with Crippen LogP contribution in [0.1, 0.15) is 16.2 Å². The molecule has 0 radical (unpaired) electrons. The van der Waals surface area contributed by atoms with E-state index < -0.39 is 34.5 Å². The monoisotopic (exact) mass is 458 g/mol. The summed E-state index contributed by atoms with van der Waals surface area (Å²) in [5, 5.41) is 20.1. The molecule has 0 aliphatic rings. The molecule has 11 heteroatoms. The number of hydrogen-bond acceptors (Lipinski definition) is 6. The van der Waals surface area contributed by atoms with Crippen LogP contribution < -0.4 is 10.0 Å². The number of carbonyl (C=O) groups excluding carboxylic acids is 1. The van der Waals surface area contributed by atoms with Gasteiger partial charge in [0.25, 0.3) is 15.9 Å².